The first-order valence-electron chi connectivity index (χ1n) is 7.43. The largest absolute Gasteiger partial charge is 0.408 e. The van der Waals surface area contributed by atoms with Crippen LogP contribution in [0.1, 0.15) is 53.1 Å². The lowest BCUT2D eigenvalue weighted by molar-refractivity contribution is 0.507. The number of nitrogens with one attached hydrogen (secondary N) is 1. The number of nitrogens with zero attached hydrogens (tertiary/aromatic N) is 3. The highest BCUT2D eigenvalue weighted by Gasteiger charge is 2.29. The van der Waals surface area contributed by atoms with Gasteiger partial charge in [-0.05, 0) is 38.5 Å². The Balaban J connectivity index is 1.32. The number of thiazole rings is 1. The van der Waals surface area contributed by atoms with Gasteiger partial charge in [0.1, 0.15) is 0 Å². The highest BCUT2D eigenvalue weighted by atomic mass is 32.1. The predicted octanol–water partition coefficient (Wildman–Crippen LogP) is 2.94. The minimum Gasteiger partial charge on any atom is -0.408 e. The Morgan fingerprint density at radius 1 is 1.20 bits per heavy atom. The molecule has 4 rings (SSSR count). The van der Waals surface area contributed by atoms with Crippen molar-refractivity contribution in [2.45, 2.75) is 50.9 Å². The van der Waals surface area contributed by atoms with Crippen molar-refractivity contribution in [1.29, 1.82) is 0 Å². The van der Waals surface area contributed by atoms with Crippen molar-refractivity contribution >= 4 is 17.4 Å². The Bertz CT molecular complexity index is 579. The Labute approximate surface area is 121 Å². The van der Waals surface area contributed by atoms with Gasteiger partial charge in [-0.2, -0.15) is 0 Å². The molecule has 2 aromatic heterocycles. The molecule has 1 N–H and O–H groups in total. The van der Waals surface area contributed by atoms with Crippen molar-refractivity contribution < 1.29 is 4.42 Å². The highest BCUT2D eigenvalue weighted by molar-refractivity contribution is 7.11. The number of aryl methyl sites for hydroxylation is 2. The van der Waals surface area contributed by atoms with Crippen molar-refractivity contribution in [3.8, 4) is 0 Å². The van der Waals surface area contributed by atoms with Crippen LogP contribution in [-0.2, 0) is 19.3 Å². The topological polar surface area (TPSA) is 63.8 Å². The molecule has 0 spiro atoms. The molecule has 20 heavy (non-hydrogen) atoms. The van der Waals surface area contributed by atoms with Gasteiger partial charge in [-0.1, -0.05) is 5.10 Å². The number of anilines is 1. The second-order valence-electron chi connectivity index (χ2n) is 5.58. The smallest absolute Gasteiger partial charge is 0.315 e. The summed E-state index contributed by atoms with van der Waals surface area (Å²) >= 11 is 1.87. The van der Waals surface area contributed by atoms with Gasteiger partial charge < -0.3 is 9.73 Å². The van der Waals surface area contributed by atoms with Gasteiger partial charge >= 0.3 is 6.01 Å². The summed E-state index contributed by atoms with van der Waals surface area (Å²) in [5.74, 6) is 1.31. The maximum Gasteiger partial charge on any atom is 0.315 e. The van der Waals surface area contributed by atoms with Crippen LogP contribution in [0.15, 0.2) is 4.42 Å². The fourth-order valence-corrected chi connectivity index (χ4v) is 3.75. The van der Waals surface area contributed by atoms with E-state index in [2.05, 4.69) is 15.5 Å². The van der Waals surface area contributed by atoms with Crippen LogP contribution in [0.25, 0.3) is 0 Å². The molecule has 1 saturated carbocycles. The van der Waals surface area contributed by atoms with Crippen LogP contribution < -0.4 is 5.32 Å². The zero-order valence-electron chi connectivity index (χ0n) is 11.4. The van der Waals surface area contributed by atoms with Crippen LogP contribution in [0.4, 0.5) is 6.01 Å². The molecule has 0 saturated heterocycles. The van der Waals surface area contributed by atoms with Gasteiger partial charge in [0.2, 0.25) is 5.89 Å². The average molecular weight is 290 g/mol. The Hall–Kier alpha value is -1.43. The number of rotatable bonds is 5. The lowest BCUT2D eigenvalue weighted by atomic mass is 10.0. The Morgan fingerprint density at radius 2 is 2.10 bits per heavy atom. The normalized spacial score (nSPS) is 18.0. The van der Waals surface area contributed by atoms with Gasteiger partial charge in [0.25, 0.3) is 0 Å². The Morgan fingerprint density at radius 3 is 2.95 bits per heavy atom. The van der Waals surface area contributed by atoms with Gasteiger partial charge in [0.15, 0.2) is 0 Å². The van der Waals surface area contributed by atoms with E-state index in [9.17, 15) is 0 Å². The van der Waals surface area contributed by atoms with E-state index in [1.807, 2.05) is 11.3 Å². The van der Waals surface area contributed by atoms with Crippen molar-refractivity contribution in [3.05, 3.63) is 21.5 Å². The lowest BCUT2D eigenvalue weighted by Gasteiger charge is -2.06. The van der Waals surface area contributed by atoms with Crippen molar-refractivity contribution in [2.24, 2.45) is 0 Å². The lowest BCUT2D eigenvalue weighted by Crippen LogP contribution is -2.05. The van der Waals surface area contributed by atoms with E-state index in [-0.39, 0.29) is 0 Å². The molecular weight excluding hydrogens is 272 g/mol. The SMILES string of the molecule is C1CCc2sc(CCNc3nnc(C4CC4)o3)nc2C1. The van der Waals surface area contributed by atoms with E-state index in [4.69, 9.17) is 9.40 Å². The molecule has 0 aromatic carbocycles. The molecule has 0 bridgehead atoms. The van der Waals surface area contributed by atoms with Gasteiger partial charge in [-0.15, -0.1) is 16.4 Å². The summed E-state index contributed by atoms with van der Waals surface area (Å²) < 4.78 is 5.58. The van der Waals surface area contributed by atoms with Crippen molar-refractivity contribution in [2.75, 3.05) is 11.9 Å². The summed E-state index contributed by atoms with van der Waals surface area (Å²) in [4.78, 5) is 6.24. The summed E-state index contributed by atoms with van der Waals surface area (Å²) in [6.07, 6.45) is 8.29. The van der Waals surface area contributed by atoms with Crippen LogP contribution in [0.3, 0.4) is 0 Å². The van der Waals surface area contributed by atoms with E-state index in [1.165, 1.54) is 47.7 Å². The molecule has 6 heteroatoms. The molecule has 0 aliphatic heterocycles. The maximum atomic E-state index is 5.58. The van der Waals surface area contributed by atoms with Gasteiger partial charge in [0, 0.05) is 23.8 Å². The number of hydrogen-bond acceptors (Lipinski definition) is 6. The first kappa shape index (κ1) is 12.3. The van der Waals surface area contributed by atoms with Crippen LogP contribution >= 0.6 is 11.3 Å². The van der Waals surface area contributed by atoms with E-state index in [1.54, 1.807) is 0 Å². The zero-order valence-corrected chi connectivity index (χ0v) is 12.2. The molecule has 5 nitrogen and oxygen atoms in total. The minimum absolute atomic E-state index is 0.517. The first-order valence-corrected chi connectivity index (χ1v) is 8.25. The highest BCUT2D eigenvalue weighted by Crippen LogP contribution is 2.39. The second-order valence-corrected chi connectivity index (χ2v) is 6.75. The minimum atomic E-state index is 0.517. The third-order valence-electron chi connectivity index (χ3n) is 3.87. The standard InChI is InChI=1S/C14H18N4OS/c1-2-4-11-10(3-1)16-12(20-11)7-8-15-14-18-17-13(19-14)9-5-6-9/h9H,1-8H2,(H,15,18). The van der Waals surface area contributed by atoms with Crippen molar-refractivity contribution in [1.82, 2.24) is 15.2 Å². The molecule has 1 fully saturated rings. The molecule has 2 aliphatic carbocycles. The summed E-state index contributed by atoms with van der Waals surface area (Å²) in [7, 11) is 0. The summed E-state index contributed by atoms with van der Waals surface area (Å²) in [5.41, 5.74) is 1.34. The molecule has 2 aromatic rings. The zero-order chi connectivity index (χ0) is 13.4. The maximum absolute atomic E-state index is 5.58. The van der Waals surface area contributed by atoms with E-state index in [0.29, 0.717) is 11.9 Å². The monoisotopic (exact) mass is 290 g/mol. The van der Waals surface area contributed by atoms with Crippen LogP contribution in [0, 0.1) is 0 Å². The quantitative estimate of drug-likeness (QED) is 0.917. The summed E-state index contributed by atoms with van der Waals surface area (Å²) in [5, 5.41) is 12.5. The molecule has 106 valence electrons. The van der Waals surface area contributed by atoms with E-state index < -0.39 is 0 Å². The van der Waals surface area contributed by atoms with Gasteiger partial charge in [0.05, 0.1) is 10.7 Å². The Kier molecular flexibility index (Phi) is 3.18. The fraction of sp³-hybridized carbons (Fsp3) is 0.643. The average Bonchev–Trinajstić information content (AvgIpc) is 3.06. The van der Waals surface area contributed by atoms with E-state index >= 15 is 0 Å². The summed E-state index contributed by atoms with van der Waals surface area (Å²) in [6, 6.07) is 0.549. The fourth-order valence-electron chi connectivity index (χ4n) is 2.59. The second kappa shape index (κ2) is 5.16. The van der Waals surface area contributed by atoms with Crippen molar-refractivity contribution in [3.63, 3.8) is 0 Å². The van der Waals surface area contributed by atoms with Gasteiger partial charge in [-0.3, -0.25) is 0 Å². The van der Waals surface area contributed by atoms with Crippen LogP contribution in [-0.4, -0.2) is 21.7 Å². The molecule has 2 heterocycles. The molecule has 2 aliphatic rings. The molecular formula is C14H18N4OS. The van der Waals surface area contributed by atoms with E-state index in [0.717, 1.165) is 25.3 Å². The molecule has 0 unspecified atom stereocenters. The number of fused-ring (bicyclic) bond motifs is 1. The number of hydrogen-bond donors (Lipinski definition) is 1. The predicted molar refractivity (Wildman–Crippen MR) is 77.2 cm³/mol. The molecule has 0 radical (unpaired) electrons. The number of aromatic nitrogens is 3. The summed E-state index contributed by atoms with van der Waals surface area (Å²) in [6.45, 7) is 0.804. The third-order valence-corrected chi connectivity index (χ3v) is 5.09. The van der Waals surface area contributed by atoms with Gasteiger partial charge in [-0.25, -0.2) is 4.98 Å². The molecule has 0 atom stereocenters. The van der Waals surface area contributed by atoms with Crippen LogP contribution in [0.2, 0.25) is 0 Å². The molecule has 0 amide bonds. The third kappa shape index (κ3) is 2.57. The van der Waals surface area contributed by atoms with Crippen LogP contribution in [0.5, 0.6) is 0 Å². The first-order chi connectivity index (χ1) is 9.88.